The lowest BCUT2D eigenvalue weighted by Crippen LogP contribution is -2.46. The summed E-state index contributed by atoms with van der Waals surface area (Å²) in [6.45, 7) is 5.83. The van der Waals surface area contributed by atoms with Gasteiger partial charge in [0.25, 0.3) is 5.91 Å². The number of hydrogen-bond acceptors (Lipinski definition) is 5. The summed E-state index contributed by atoms with van der Waals surface area (Å²) in [6.07, 6.45) is 1.26. The normalized spacial score (nSPS) is 14.3. The zero-order valence-corrected chi connectivity index (χ0v) is 13.7. The maximum Gasteiger partial charge on any atom is 0.263 e. The lowest BCUT2D eigenvalue weighted by atomic mass is 9.95. The van der Waals surface area contributed by atoms with E-state index in [2.05, 4.69) is 10.4 Å². The first-order valence-electron chi connectivity index (χ1n) is 6.98. The molecule has 0 saturated heterocycles. The van der Waals surface area contributed by atoms with E-state index in [9.17, 15) is 4.79 Å². The third kappa shape index (κ3) is 2.75. The number of fused-ring (bicyclic) bond motifs is 1. The van der Waals surface area contributed by atoms with Crippen LogP contribution in [0.15, 0.2) is 0 Å². The highest BCUT2D eigenvalue weighted by molar-refractivity contribution is 7.21. The number of nitrogens with one attached hydrogen (secondary N) is 1. The fourth-order valence-corrected chi connectivity index (χ4v) is 3.49. The molecular formula is C14H22N4O2S. The first-order chi connectivity index (χ1) is 9.83. The van der Waals surface area contributed by atoms with Crippen LogP contribution in [0.3, 0.4) is 0 Å². The molecule has 1 atom stereocenters. The van der Waals surface area contributed by atoms with Crippen LogP contribution in [-0.4, -0.2) is 32.9 Å². The van der Waals surface area contributed by atoms with Gasteiger partial charge in [-0.2, -0.15) is 5.10 Å². The molecular weight excluding hydrogens is 288 g/mol. The Balaban J connectivity index is 2.36. The summed E-state index contributed by atoms with van der Waals surface area (Å²) in [4.78, 5) is 13.9. The summed E-state index contributed by atoms with van der Waals surface area (Å²) in [5, 5.41) is 17.3. The van der Waals surface area contributed by atoms with Crippen molar-refractivity contribution >= 4 is 33.1 Å². The van der Waals surface area contributed by atoms with Crippen LogP contribution in [0.5, 0.6) is 0 Å². The summed E-state index contributed by atoms with van der Waals surface area (Å²) in [7, 11) is 1.84. The van der Waals surface area contributed by atoms with E-state index in [1.165, 1.54) is 11.3 Å². The summed E-state index contributed by atoms with van der Waals surface area (Å²) >= 11 is 1.35. The van der Waals surface area contributed by atoms with Gasteiger partial charge in [0.1, 0.15) is 9.71 Å². The number of amides is 1. The first-order valence-corrected chi connectivity index (χ1v) is 7.79. The Morgan fingerprint density at radius 2 is 2.24 bits per heavy atom. The molecule has 7 heteroatoms. The Bertz CT molecular complexity index is 676. The Labute approximate surface area is 127 Å². The second kappa shape index (κ2) is 5.65. The highest BCUT2D eigenvalue weighted by Crippen LogP contribution is 2.35. The van der Waals surface area contributed by atoms with Crippen molar-refractivity contribution in [3.63, 3.8) is 0 Å². The van der Waals surface area contributed by atoms with Gasteiger partial charge in [-0.05, 0) is 26.7 Å². The minimum Gasteiger partial charge on any atom is -0.397 e. The number of carbonyl (C=O) groups excluding carboxylic acids is 1. The fourth-order valence-electron chi connectivity index (χ4n) is 2.40. The summed E-state index contributed by atoms with van der Waals surface area (Å²) in [6, 6.07) is 0. The molecule has 0 aliphatic heterocycles. The van der Waals surface area contributed by atoms with Crippen LogP contribution in [-0.2, 0) is 7.05 Å². The van der Waals surface area contributed by atoms with Crippen LogP contribution in [0, 0.1) is 6.92 Å². The van der Waals surface area contributed by atoms with Crippen LogP contribution in [0.2, 0.25) is 0 Å². The number of nitrogens with zero attached hydrogens (tertiary/aromatic N) is 2. The molecule has 1 unspecified atom stereocenters. The zero-order chi connectivity index (χ0) is 15.8. The number of nitrogens with two attached hydrogens (primary N) is 1. The minimum absolute atomic E-state index is 0.0372. The van der Waals surface area contributed by atoms with Crippen molar-refractivity contribution in [1.29, 1.82) is 0 Å². The molecule has 0 spiro atoms. The van der Waals surface area contributed by atoms with E-state index in [0.29, 0.717) is 17.0 Å². The number of aliphatic hydroxyl groups excluding tert-OH is 1. The van der Waals surface area contributed by atoms with Crippen molar-refractivity contribution in [1.82, 2.24) is 15.1 Å². The molecule has 2 heterocycles. The van der Waals surface area contributed by atoms with Crippen molar-refractivity contribution in [2.45, 2.75) is 39.2 Å². The molecule has 0 saturated carbocycles. The largest absolute Gasteiger partial charge is 0.397 e. The third-order valence-corrected chi connectivity index (χ3v) is 5.22. The predicted molar refractivity (Wildman–Crippen MR) is 85.6 cm³/mol. The van der Waals surface area contributed by atoms with Gasteiger partial charge < -0.3 is 16.2 Å². The molecule has 2 aromatic heterocycles. The van der Waals surface area contributed by atoms with Crippen LogP contribution in [0.1, 0.15) is 42.1 Å². The highest BCUT2D eigenvalue weighted by Gasteiger charge is 2.27. The van der Waals surface area contributed by atoms with Gasteiger partial charge in [-0.25, -0.2) is 0 Å². The number of carbonyl (C=O) groups is 1. The minimum atomic E-state index is -0.429. The van der Waals surface area contributed by atoms with Crippen LogP contribution in [0.25, 0.3) is 10.2 Å². The monoisotopic (exact) mass is 310 g/mol. The van der Waals surface area contributed by atoms with Crippen LogP contribution in [0.4, 0.5) is 5.69 Å². The molecule has 6 nitrogen and oxygen atoms in total. The number of nitrogen functional groups attached to an aromatic ring is 1. The van der Waals surface area contributed by atoms with E-state index in [4.69, 9.17) is 10.8 Å². The fraction of sp³-hybridized carbons (Fsp3) is 0.571. The molecule has 0 aliphatic rings. The van der Waals surface area contributed by atoms with Gasteiger partial charge in [0.15, 0.2) is 0 Å². The van der Waals surface area contributed by atoms with Crippen LogP contribution >= 0.6 is 11.3 Å². The third-order valence-electron chi connectivity index (χ3n) is 3.95. The van der Waals surface area contributed by atoms with Crippen molar-refractivity contribution in [2.75, 3.05) is 12.3 Å². The number of anilines is 1. The topological polar surface area (TPSA) is 93.2 Å². The van der Waals surface area contributed by atoms with Gasteiger partial charge in [-0.1, -0.05) is 6.92 Å². The van der Waals surface area contributed by atoms with E-state index in [0.717, 1.165) is 22.3 Å². The lowest BCUT2D eigenvalue weighted by molar-refractivity contribution is 0.0891. The van der Waals surface area contributed by atoms with Crippen molar-refractivity contribution in [3.8, 4) is 0 Å². The average Bonchev–Trinajstić information content (AvgIpc) is 2.89. The van der Waals surface area contributed by atoms with Gasteiger partial charge in [-0.3, -0.25) is 9.48 Å². The summed E-state index contributed by atoms with van der Waals surface area (Å²) < 4.78 is 1.75. The number of hydrogen-bond donors (Lipinski definition) is 3. The van der Waals surface area contributed by atoms with Gasteiger partial charge in [0, 0.05) is 19.2 Å². The molecule has 1 amide bonds. The Kier molecular flexibility index (Phi) is 4.25. The smallest absolute Gasteiger partial charge is 0.263 e. The second-order valence-corrected chi connectivity index (χ2v) is 6.58. The number of aromatic nitrogens is 2. The number of rotatable bonds is 5. The van der Waals surface area contributed by atoms with Gasteiger partial charge in [0.2, 0.25) is 0 Å². The van der Waals surface area contributed by atoms with E-state index in [1.807, 2.05) is 27.8 Å². The highest BCUT2D eigenvalue weighted by atomic mass is 32.1. The predicted octanol–water partition coefficient (Wildman–Crippen LogP) is 1.81. The lowest BCUT2D eigenvalue weighted by Gasteiger charge is -2.28. The van der Waals surface area contributed by atoms with Gasteiger partial charge >= 0.3 is 0 Å². The number of thiophene rings is 1. The molecule has 0 fully saturated rings. The van der Waals surface area contributed by atoms with Crippen LogP contribution < -0.4 is 11.1 Å². The number of aryl methyl sites for hydroxylation is 2. The molecule has 0 bridgehead atoms. The van der Waals surface area contributed by atoms with E-state index >= 15 is 0 Å². The molecule has 2 aromatic rings. The molecule has 0 radical (unpaired) electrons. The van der Waals surface area contributed by atoms with Crippen molar-refractivity contribution in [2.24, 2.45) is 7.05 Å². The molecule has 2 rings (SSSR count). The second-order valence-electron chi connectivity index (χ2n) is 5.58. The summed E-state index contributed by atoms with van der Waals surface area (Å²) in [5.41, 5.74) is 7.02. The molecule has 21 heavy (non-hydrogen) atoms. The van der Waals surface area contributed by atoms with Gasteiger partial charge in [-0.15, -0.1) is 11.3 Å². The zero-order valence-electron chi connectivity index (χ0n) is 12.9. The maximum absolute atomic E-state index is 12.5. The SMILES string of the molecule is CCC(C)(CCO)NC(=O)c1sc2c(c(C)nn2C)c1N. The summed E-state index contributed by atoms with van der Waals surface area (Å²) in [5.74, 6) is -0.189. The first kappa shape index (κ1) is 15.8. The standard InChI is InChI=1S/C14H22N4O2S/c1-5-14(3,6-7-19)16-12(20)11-10(15)9-8(2)17-18(4)13(9)21-11/h19H,5-7,15H2,1-4H3,(H,16,20). The van der Waals surface area contributed by atoms with Gasteiger partial charge in [0.05, 0.1) is 16.8 Å². The average molecular weight is 310 g/mol. The Morgan fingerprint density at radius 1 is 1.57 bits per heavy atom. The van der Waals surface area contributed by atoms with E-state index in [1.54, 1.807) is 4.68 Å². The Morgan fingerprint density at radius 3 is 2.76 bits per heavy atom. The molecule has 0 aromatic carbocycles. The molecule has 116 valence electrons. The quantitative estimate of drug-likeness (QED) is 0.785. The van der Waals surface area contributed by atoms with E-state index in [-0.39, 0.29) is 12.5 Å². The molecule has 0 aliphatic carbocycles. The van der Waals surface area contributed by atoms with E-state index < -0.39 is 5.54 Å². The Hall–Kier alpha value is -1.60. The molecule has 4 N–H and O–H groups in total. The number of aliphatic hydroxyl groups is 1. The van der Waals surface area contributed by atoms with Crippen molar-refractivity contribution < 1.29 is 9.90 Å². The van der Waals surface area contributed by atoms with Crippen molar-refractivity contribution in [3.05, 3.63) is 10.6 Å². The maximum atomic E-state index is 12.5.